The molecule has 0 saturated carbocycles. The average Bonchev–Trinajstić information content (AvgIpc) is 2.80. The molecular weight excluding hydrogens is 258 g/mol. The van der Waals surface area contributed by atoms with Gasteiger partial charge in [0.2, 0.25) is 0 Å². The monoisotopic (exact) mass is 271 g/mol. The van der Waals surface area contributed by atoms with Crippen molar-refractivity contribution >= 4 is 28.8 Å². The topological polar surface area (TPSA) is 44.5 Å². The molecule has 1 atom stereocenters. The van der Waals surface area contributed by atoms with E-state index in [2.05, 4.69) is 0 Å². The van der Waals surface area contributed by atoms with E-state index in [0.29, 0.717) is 28.3 Å². The van der Waals surface area contributed by atoms with E-state index >= 15 is 0 Å². The zero-order chi connectivity index (χ0) is 12.3. The molecule has 17 heavy (non-hydrogen) atoms. The van der Waals surface area contributed by atoms with Crippen LogP contribution in [-0.4, -0.2) is 24.8 Å². The number of halogens is 1. The van der Waals surface area contributed by atoms with Crippen LogP contribution in [0.4, 0.5) is 0 Å². The highest BCUT2D eigenvalue weighted by molar-refractivity contribution is 7.80. The Hall–Kier alpha value is -0.840. The van der Waals surface area contributed by atoms with Gasteiger partial charge in [-0.15, -0.1) is 0 Å². The van der Waals surface area contributed by atoms with E-state index in [0.717, 1.165) is 25.2 Å². The summed E-state index contributed by atoms with van der Waals surface area (Å²) in [7, 11) is 0. The largest absolute Gasteiger partial charge is 0.492 e. The van der Waals surface area contributed by atoms with E-state index in [9.17, 15) is 0 Å². The van der Waals surface area contributed by atoms with E-state index in [-0.39, 0.29) is 0 Å². The van der Waals surface area contributed by atoms with Crippen LogP contribution >= 0.6 is 23.8 Å². The summed E-state index contributed by atoms with van der Waals surface area (Å²) < 4.78 is 10.9. The minimum absolute atomic E-state index is 0.336. The highest BCUT2D eigenvalue weighted by atomic mass is 35.5. The van der Waals surface area contributed by atoms with Crippen LogP contribution in [-0.2, 0) is 4.74 Å². The number of hydrogen-bond donors (Lipinski definition) is 1. The van der Waals surface area contributed by atoms with Gasteiger partial charge in [0.15, 0.2) is 0 Å². The van der Waals surface area contributed by atoms with Crippen molar-refractivity contribution in [2.75, 3.05) is 19.8 Å². The van der Waals surface area contributed by atoms with Crippen molar-refractivity contribution in [2.45, 2.75) is 6.42 Å². The Bertz CT molecular complexity index is 419. The first kappa shape index (κ1) is 12.6. The molecule has 0 bridgehead atoms. The molecule has 2 N–H and O–H groups in total. The minimum Gasteiger partial charge on any atom is -0.492 e. The first-order chi connectivity index (χ1) is 8.16. The molecule has 0 spiro atoms. The van der Waals surface area contributed by atoms with Crippen LogP contribution in [0.25, 0.3) is 0 Å². The maximum absolute atomic E-state index is 6.09. The zero-order valence-corrected chi connectivity index (χ0v) is 10.9. The summed E-state index contributed by atoms with van der Waals surface area (Å²) in [6.07, 6.45) is 1.04. The third-order valence-electron chi connectivity index (χ3n) is 2.71. The normalized spacial score (nSPS) is 19.2. The Morgan fingerprint density at radius 2 is 2.41 bits per heavy atom. The van der Waals surface area contributed by atoms with E-state index < -0.39 is 0 Å². The van der Waals surface area contributed by atoms with E-state index in [1.54, 1.807) is 12.1 Å². The van der Waals surface area contributed by atoms with Crippen LogP contribution in [0.2, 0.25) is 5.02 Å². The first-order valence-corrected chi connectivity index (χ1v) is 6.25. The van der Waals surface area contributed by atoms with E-state index in [4.69, 9.17) is 39.0 Å². The summed E-state index contributed by atoms with van der Waals surface area (Å²) in [5, 5.41) is 0.536. The highest BCUT2D eigenvalue weighted by Crippen LogP contribution is 2.26. The van der Waals surface area contributed by atoms with Gasteiger partial charge in [-0.1, -0.05) is 23.8 Å². The standard InChI is InChI=1S/C12H14ClNO2S/c13-10-5-9(12(14)17)1-2-11(10)16-7-8-3-4-15-6-8/h1-2,5,8H,3-4,6-7H2,(H2,14,17). The lowest BCUT2D eigenvalue weighted by atomic mass is 10.1. The molecule has 1 aromatic rings. The second kappa shape index (κ2) is 5.67. The Labute approximate surface area is 111 Å². The van der Waals surface area contributed by atoms with Crippen molar-refractivity contribution in [1.29, 1.82) is 0 Å². The molecule has 1 saturated heterocycles. The second-order valence-electron chi connectivity index (χ2n) is 4.05. The minimum atomic E-state index is 0.336. The summed E-state index contributed by atoms with van der Waals surface area (Å²) in [5.74, 6) is 1.12. The number of hydrogen-bond acceptors (Lipinski definition) is 3. The van der Waals surface area contributed by atoms with Gasteiger partial charge in [0.25, 0.3) is 0 Å². The van der Waals surface area contributed by atoms with Gasteiger partial charge in [0.1, 0.15) is 10.7 Å². The molecule has 1 aromatic carbocycles. The molecule has 1 unspecified atom stereocenters. The van der Waals surface area contributed by atoms with Crippen molar-refractivity contribution in [3.63, 3.8) is 0 Å². The lowest BCUT2D eigenvalue weighted by Crippen LogP contribution is -2.12. The lowest BCUT2D eigenvalue weighted by Gasteiger charge is -2.12. The lowest BCUT2D eigenvalue weighted by molar-refractivity contribution is 0.167. The van der Waals surface area contributed by atoms with Crippen LogP contribution < -0.4 is 10.5 Å². The fourth-order valence-electron chi connectivity index (χ4n) is 1.69. The predicted molar refractivity (Wildman–Crippen MR) is 71.8 cm³/mol. The SMILES string of the molecule is NC(=S)c1ccc(OCC2CCOC2)c(Cl)c1. The number of ether oxygens (including phenoxy) is 2. The number of nitrogens with two attached hydrogens (primary N) is 1. The first-order valence-electron chi connectivity index (χ1n) is 5.46. The zero-order valence-electron chi connectivity index (χ0n) is 9.32. The van der Waals surface area contributed by atoms with Crippen molar-refractivity contribution in [2.24, 2.45) is 11.7 Å². The van der Waals surface area contributed by atoms with Crippen molar-refractivity contribution in [3.05, 3.63) is 28.8 Å². The van der Waals surface area contributed by atoms with Gasteiger partial charge in [0, 0.05) is 18.1 Å². The van der Waals surface area contributed by atoms with Crippen LogP contribution in [0, 0.1) is 5.92 Å². The summed E-state index contributed by atoms with van der Waals surface area (Å²) in [6.45, 7) is 2.22. The summed E-state index contributed by atoms with van der Waals surface area (Å²) >= 11 is 11.0. The Kier molecular flexibility index (Phi) is 4.20. The molecule has 1 aliphatic rings. The Morgan fingerprint density at radius 1 is 1.59 bits per heavy atom. The van der Waals surface area contributed by atoms with Gasteiger partial charge in [-0.25, -0.2) is 0 Å². The van der Waals surface area contributed by atoms with Crippen LogP contribution in [0.3, 0.4) is 0 Å². The molecule has 1 fully saturated rings. The highest BCUT2D eigenvalue weighted by Gasteiger charge is 2.16. The second-order valence-corrected chi connectivity index (χ2v) is 4.90. The number of benzene rings is 1. The quantitative estimate of drug-likeness (QED) is 0.854. The maximum Gasteiger partial charge on any atom is 0.137 e. The predicted octanol–water partition coefficient (Wildman–Crippen LogP) is 2.39. The van der Waals surface area contributed by atoms with Crippen molar-refractivity contribution < 1.29 is 9.47 Å². The van der Waals surface area contributed by atoms with Crippen LogP contribution in [0.5, 0.6) is 5.75 Å². The molecule has 1 aliphatic heterocycles. The molecular formula is C12H14ClNO2S. The van der Waals surface area contributed by atoms with Crippen molar-refractivity contribution in [1.82, 2.24) is 0 Å². The molecule has 1 heterocycles. The van der Waals surface area contributed by atoms with Gasteiger partial charge in [0.05, 0.1) is 18.2 Å². The summed E-state index contributed by atoms with van der Waals surface area (Å²) in [4.78, 5) is 0.336. The molecule has 5 heteroatoms. The van der Waals surface area contributed by atoms with Crippen LogP contribution in [0.1, 0.15) is 12.0 Å². The van der Waals surface area contributed by atoms with Gasteiger partial charge in [-0.3, -0.25) is 0 Å². The molecule has 0 amide bonds. The Morgan fingerprint density at radius 3 is 3.00 bits per heavy atom. The Balaban J connectivity index is 1.98. The third kappa shape index (κ3) is 3.31. The van der Waals surface area contributed by atoms with Gasteiger partial charge in [-0.2, -0.15) is 0 Å². The maximum atomic E-state index is 6.09. The molecule has 3 nitrogen and oxygen atoms in total. The smallest absolute Gasteiger partial charge is 0.137 e. The van der Waals surface area contributed by atoms with Gasteiger partial charge < -0.3 is 15.2 Å². The van der Waals surface area contributed by atoms with Crippen LogP contribution in [0.15, 0.2) is 18.2 Å². The molecule has 0 aromatic heterocycles. The van der Waals surface area contributed by atoms with E-state index in [1.807, 2.05) is 6.07 Å². The number of rotatable bonds is 4. The fraction of sp³-hybridized carbons (Fsp3) is 0.417. The van der Waals surface area contributed by atoms with E-state index in [1.165, 1.54) is 0 Å². The molecule has 92 valence electrons. The molecule has 0 aliphatic carbocycles. The summed E-state index contributed by atoms with van der Waals surface area (Å²) in [6, 6.07) is 5.34. The average molecular weight is 272 g/mol. The molecule has 2 rings (SSSR count). The third-order valence-corrected chi connectivity index (χ3v) is 3.25. The number of thiocarbonyl (C=S) groups is 1. The molecule has 0 radical (unpaired) electrons. The summed E-state index contributed by atoms with van der Waals surface area (Å²) in [5.41, 5.74) is 6.27. The fourth-order valence-corrected chi connectivity index (χ4v) is 2.06. The van der Waals surface area contributed by atoms with Gasteiger partial charge in [-0.05, 0) is 24.6 Å². The van der Waals surface area contributed by atoms with Gasteiger partial charge >= 0.3 is 0 Å². The van der Waals surface area contributed by atoms with Crippen molar-refractivity contribution in [3.8, 4) is 5.75 Å².